The standard InChI is InChI=1S/C18H17F3N2O3S/c19-18(20,21)14-5-3-4-13(12-14)17(24)22-15-6-8-16(9-7-15)27(25,26)23-10-1-2-11-23/h3-9,12H,1-2,10-11H2,(H,22,24). The summed E-state index contributed by atoms with van der Waals surface area (Å²) in [5.41, 5.74) is -0.765. The van der Waals surface area contributed by atoms with Gasteiger partial charge < -0.3 is 5.32 Å². The first kappa shape index (κ1) is 19.4. The lowest BCUT2D eigenvalue weighted by Gasteiger charge is -2.15. The molecule has 1 amide bonds. The summed E-state index contributed by atoms with van der Waals surface area (Å²) in [4.78, 5) is 12.3. The molecule has 27 heavy (non-hydrogen) atoms. The Morgan fingerprint density at radius 2 is 1.63 bits per heavy atom. The van der Waals surface area contributed by atoms with Crippen LogP contribution in [-0.2, 0) is 16.2 Å². The van der Waals surface area contributed by atoms with Crippen molar-refractivity contribution in [3.05, 3.63) is 59.7 Å². The van der Waals surface area contributed by atoms with Crippen LogP contribution < -0.4 is 5.32 Å². The average Bonchev–Trinajstić information content (AvgIpc) is 3.17. The molecule has 0 saturated carbocycles. The van der Waals surface area contributed by atoms with E-state index in [1.54, 1.807) is 0 Å². The van der Waals surface area contributed by atoms with E-state index < -0.39 is 27.7 Å². The fraction of sp³-hybridized carbons (Fsp3) is 0.278. The van der Waals surface area contributed by atoms with Crippen LogP contribution in [0, 0.1) is 0 Å². The Bertz CT molecular complexity index is 935. The van der Waals surface area contributed by atoms with Crippen LogP contribution in [0.25, 0.3) is 0 Å². The number of nitrogens with zero attached hydrogens (tertiary/aromatic N) is 1. The van der Waals surface area contributed by atoms with E-state index in [1.807, 2.05) is 0 Å². The number of benzene rings is 2. The summed E-state index contributed by atoms with van der Waals surface area (Å²) in [7, 11) is -3.56. The minimum Gasteiger partial charge on any atom is -0.322 e. The largest absolute Gasteiger partial charge is 0.416 e. The molecule has 2 aromatic carbocycles. The molecule has 5 nitrogen and oxygen atoms in total. The van der Waals surface area contributed by atoms with Crippen LogP contribution in [-0.4, -0.2) is 31.7 Å². The van der Waals surface area contributed by atoms with Gasteiger partial charge in [0, 0.05) is 24.3 Å². The highest BCUT2D eigenvalue weighted by Crippen LogP contribution is 2.29. The maximum atomic E-state index is 12.7. The minimum atomic E-state index is -4.54. The molecule has 9 heteroatoms. The van der Waals surface area contributed by atoms with Crippen molar-refractivity contribution in [1.82, 2.24) is 4.31 Å². The molecule has 3 rings (SSSR count). The molecule has 1 aliphatic heterocycles. The van der Waals surface area contributed by atoms with Gasteiger partial charge in [-0.05, 0) is 55.3 Å². The van der Waals surface area contributed by atoms with E-state index in [-0.39, 0.29) is 16.1 Å². The zero-order valence-electron chi connectivity index (χ0n) is 14.2. The van der Waals surface area contributed by atoms with E-state index in [0.717, 1.165) is 31.0 Å². The molecule has 1 saturated heterocycles. The topological polar surface area (TPSA) is 66.5 Å². The van der Waals surface area contributed by atoms with Gasteiger partial charge in [0.05, 0.1) is 10.5 Å². The molecule has 0 spiro atoms. The first-order valence-corrected chi connectivity index (χ1v) is 9.71. The molecule has 1 fully saturated rings. The van der Waals surface area contributed by atoms with Gasteiger partial charge in [-0.3, -0.25) is 4.79 Å². The number of carbonyl (C=O) groups is 1. The summed E-state index contributed by atoms with van der Waals surface area (Å²) in [5, 5.41) is 2.47. The lowest BCUT2D eigenvalue weighted by atomic mass is 10.1. The third-order valence-corrected chi connectivity index (χ3v) is 6.18. The molecule has 0 aromatic heterocycles. The summed E-state index contributed by atoms with van der Waals surface area (Å²) >= 11 is 0. The number of sulfonamides is 1. The normalized spacial score (nSPS) is 15.7. The highest BCUT2D eigenvalue weighted by molar-refractivity contribution is 7.89. The predicted octanol–water partition coefficient (Wildman–Crippen LogP) is 3.74. The molecule has 1 aliphatic rings. The number of alkyl halides is 3. The van der Waals surface area contributed by atoms with Crippen LogP contribution >= 0.6 is 0 Å². The van der Waals surface area contributed by atoms with Crippen LogP contribution in [0.4, 0.5) is 18.9 Å². The Labute approximate surface area is 154 Å². The second-order valence-corrected chi connectivity index (χ2v) is 8.11. The van der Waals surface area contributed by atoms with E-state index >= 15 is 0 Å². The summed E-state index contributed by atoms with van der Waals surface area (Å²) < 4.78 is 64.6. The second kappa shape index (κ2) is 7.32. The highest BCUT2D eigenvalue weighted by atomic mass is 32.2. The third kappa shape index (κ3) is 4.30. The van der Waals surface area contributed by atoms with Crippen molar-refractivity contribution in [2.75, 3.05) is 18.4 Å². The van der Waals surface area contributed by atoms with E-state index in [2.05, 4.69) is 5.32 Å². The zero-order valence-corrected chi connectivity index (χ0v) is 15.0. The molecule has 0 atom stereocenters. The number of amides is 1. The Hall–Kier alpha value is -2.39. The highest BCUT2D eigenvalue weighted by Gasteiger charge is 2.31. The Kier molecular flexibility index (Phi) is 5.25. The maximum absolute atomic E-state index is 12.7. The summed E-state index contributed by atoms with van der Waals surface area (Å²) in [6, 6.07) is 9.64. The van der Waals surface area contributed by atoms with Crippen molar-refractivity contribution in [3.8, 4) is 0 Å². The molecule has 0 aliphatic carbocycles. The second-order valence-electron chi connectivity index (χ2n) is 6.17. The number of nitrogens with one attached hydrogen (secondary N) is 1. The summed E-state index contributed by atoms with van der Waals surface area (Å²) in [6.45, 7) is 0.965. The Morgan fingerprint density at radius 3 is 2.22 bits per heavy atom. The van der Waals surface area contributed by atoms with Crippen molar-refractivity contribution >= 4 is 21.6 Å². The number of rotatable bonds is 4. The van der Waals surface area contributed by atoms with E-state index in [4.69, 9.17) is 0 Å². The molecule has 1 heterocycles. The zero-order chi connectivity index (χ0) is 19.7. The monoisotopic (exact) mass is 398 g/mol. The molecular formula is C18H17F3N2O3S. The Morgan fingerprint density at radius 1 is 1.00 bits per heavy atom. The smallest absolute Gasteiger partial charge is 0.322 e. The third-order valence-electron chi connectivity index (χ3n) is 4.27. The van der Waals surface area contributed by atoms with Crippen molar-refractivity contribution < 1.29 is 26.4 Å². The molecule has 0 unspecified atom stereocenters. The van der Waals surface area contributed by atoms with Crippen LogP contribution in [0.5, 0.6) is 0 Å². The van der Waals surface area contributed by atoms with Crippen LogP contribution in [0.1, 0.15) is 28.8 Å². The molecule has 0 radical (unpaired) electrons. The molecule has 1 N–H and O–H groups in total. The fourth-order valence-electron chi connectivity index (χ4n) is 2.83. The first-order chi connectivity index (χ1) is 12.7. The number of carbonyl (C=O) groups excluding carboxylic acids is 1. The van der Waals surface area contributed by atoms with Crippen molar-refractivity contribution in [2.24, 2.45) is 0 Å². The van der Waals surface area contributed by atoms with Crippen LogP contribution in [0.2, 0.25) is 0 Å². The molecular weight excluding hydrogens is 381 g/mol. The van der Waals surface area contributed by atoms with Gasteiger partial charge in [0.15, 0.2) is 0 Å². The first-order valence-electron chi connectivity index (χ1n) is 8.27. The maximum Gasteiger partial charge on any atom is 0.416 e. The van der Waals surface area contributed by atoms with Gasteiger partial charge in [-0.25, -0.2) is 8.42 Å². The molecule has 2 aromatic rings. The van der Waals surface area contributed by atoms with E-state index in [9.17, 15) is 26.4 Å². The summed E-state index contributed by atoms with van der Waals surface area (Å²) in [5.74, 6) is -0.712. The van der Waals surface area contributed by atoms with Gasteiger partial charge >= 0.3 is 6.18 Å². The van der Waals surface area contributed by atoms with Crippen LogP contribution in [0.3, 0.4) is 0 Å². The van der Waals surface area contributed by atoms with Gasteiger partial charge in [0.25, 0.3) is 5.91 Å². The van der Waals surface area contributed by atoms with E-state index in [1.165, 1.54) is 34.6 Å². The lowest BCUT2D eigenvalue weighted by molar-refractivity contribution is -0.137. The van der Waals surface area contributed by atoms with Crippen LogP contribution in [0.15, 0.2) is 53.4 Å². The van der Waals surface area contributed by atoms with Gasteiger partial charge in [-0.2, -0.15) is 17.5 Å². The van der Waals surface area contributed by atoms with Crippen molar-refractivity contribution in [2.45, 2.75) is 23.9 Å². The fourth-order valence-corrected chi connectivity index (χ4v) is 4.34. The van der Waals surface area contributed by atoms with Gasteiger partial charge in [-0.15, -0.1) is 0 Å². The van der Waals surface area contributed by atoms with Gasteiger partial charge in [-0.1, -0.05) is 6.07 Å². The van der Waals surface area contributed by atoms with Crippen molar-refractivity contribution in [3.63, 3.8) is 0 Å². The molecule has 0 bridgehead atoms. The quantitative estimate of drug-likeness (QED) is 0.853. The molecule has 144 valence electrons. The van der Waals surface area contributed by atoms with Gasteiger partial charge in [0.1, 0.15) is 0 Å². The van der Waals surface area contributed by atoms with Gasteiger partial charge in [0.2, 0.25) is 10.0 Å². The SMILES string of the molecule is O=C(Nc1ccc(S(=O)(=O)N2CCCC2)cc1)c1cccc(C(F)(F)F)c1. The number of hydrogen-bond acceptors (Lipinski definition) is 3. The minimum absolute atomic E-state index is 0.112. The number of hydrogen-bond donors (Lipinski definition) is 1. The predicted molar refractivity (Wildman–Crippen MR) is 93.8 cm³/mol. The average molecular weight is 398 g/mol. The van der Waals surface area contributed by atoms with Crippen molar-refractivity contribution in [1.29, 1.82) is 0 Å². The van der Waals surface area contributed by atoms with E-state index in [0.29, 0.717) is 13.1 Å². The lowest BCUT2D eigenvalue weighted by Crippen LogP contribution is -2.27. The Balaban J connectivity index is 1.74. The number of halogens is 3. The summed E-state index contributed by atoms with van der Waals surface area (Å²) in [6.07, 6.45) is -2.89. The number of anilines is 1.